The first-order valence-corrected chi connectivity index (χ1v) is 20.2. The van der Waals surface area contributed by atoms with Crippen molar-refractivity contribution in [2.45, 2.75) is 0 Å². The molecule has 6 heteroatoms. The van der Waals surface area contributed by atoms with E-state index in [1.54, 1.807) is 0 Å². The van der Waals surface area contributed by atoms with Gasteiger partial charge in [0.15, 0.2) is 23.0 Å². The van der Waals surface area contributed by atoms with Crippen molar-refractivity contribution in [1.29, 1.82) is 0 Å². The van der Waals surface area contributed by atoms with Crippen LogP contribution < -0.4 is 9.47 Å². The van der Waals surface area contributed by atoms with Crippen molar-refractivity contribution in [2.75, 3.05) is 0 Å². The van der Waals surface area contributed by atoms with Gasteiger partial charge in [-0.3, -0.25) is 4.57 Å². The first-order chi connectivity index (χ1) is 29.8. The van der Waals surface area contributed by atoms with Crippen molar-refractivity contribution in [3.8, 4) is 57.0 Å². The third-order valence-corrected chi connectivity index (χ3v) is 12.0. The van der Waals surface area contributed by atoms with Gasteiger partial charge in [0.25, 0.3) is 0 Å². The second-order valence-electron chi connectivity index (χ2n) is 15.3. The van der Waals surface area contributed by atoms with Crippen molar-refractivity contribution in [2.24, 2.45) is 0 Å². The van der Waals surface area contributed by atoms with Gasteiger partial charge in [0.2, 0.25) is 5.95 Å². The summed E-state index contributed by atoms with van der Waals surface area (Å²) in [7, 11) is 0. The lowest BCUT2D eigenvalue weighted by Gasteiger charge is -2.22. The summed E-state index contributed by atoms with van der Waals surface area (Å²) in [6.45, 7) is 0. The van der Waals surface area contributed by atoms with Gasteiger partial charge in [0, 0.05) is 38.2 Å². The number of ether oxygens (including phenoxy) is 2. The molecule has 1 aliphatic rings. The minimum absolute atomic E-state index is 0.542. The summed E-state index contributed by atoms with van der Waals surface area (Å²) in [4.78, 5) is 11.0. The van der Waals surface area contributed by atoms with Crippen LogP contribution in [0.3, 0.4) is 0 Å². The van der Waals surface area contributed by atoms with E-state index in [9.17, 15) is 0 Å². The van der Waals surface area contributed by atoms with Crippen LogP contribution in [0.4, 0.5) is 0 Å². The standard InChI is InChI=1S/C54H32N4O2/c1-3-14-33(15-4-1)36-19-13-20-37(32-36)57-43-23-10-9-22-39(43)40-27-30-44-49(51(40)57)41-28-31-47-53(60-46-25-12-11-24-45(46)59-47)52(41)58(44)54-55-42-29-26-34-16-7-8-21-38(34)48(42)50(56-54)35-17-5-2-6-18-35/h1-32H. The normalized spacial score (nSPS) is 12.3. The number of rotatable bonds is 4. The summed E-state index contributed by atoms with van der Waals surface area (Å²) in [5.74, 6) is 3.12. The number of para-hydroxylation sites is 3. The second-order valence-corrected chi connectivity index (χ2v) is 15.3. The molecule has 3 aromatic heterocycles. The second kappa shape index (κ2) is 12.6. The average molecular weight is 769 g/mol. The Morgan fingerprint density at radius 2 is 1.08 bits per heavy atom. The van der Waals surface area contributed by atoms with Crippen molar-refractivity contribution in [1.82, 2.24) is 19.1 Å². The van der Waals surface area contributed by atoms with E-state index < -0.39 is 0 Å². The van der Waals surface area contributed by atoms with Crippen LogP contribution in [0.5, 0.6) is 23.0 Å². The summed E-state index contributed by atoms with van der Waals surface area (Å²) in [5.41, 5.74) is 10.1. The summed E-state index contributed by atoms with van der Waals surface area (Å²) < 4.78 is 18.1. The lowest BCUT2D eigenvalue weighted by atomic mass is 10.0. The molecule has 0 amide bonds. The molecule has 0 N–H and O–H groups in total. The van der Waals surface area contributed by atoms with Crippen LogP contribution in [0.1, 0.15) is 0 Å². The predicted molar refractivity (Wildman–Crippen MR) is 243 cm³/mol. The van der Waals surface area contributed by atoms with Crippen LogP contribution in [-0.2, 0) is 0 Å². The number of benzene rings is 9. The molecule has 9 aromatic carbocycles. The molecule has 60 heavy (non-hydrogen) atoms. The van der Waals surface area contributed by atoms with E-state index in [-0.39, 0.29) is 0 Å². The highest BCUT2D eigenvalue weighted by atomic mass is 16.6. The Kier molecular flexibility index (Phi) is 6.91. The van der Waals surface area contributed by atoms with E-state index in [1.807, 2.05) is 36.4 Å². The summed E-state index contributed by atoms with van der Waals surface area (Å²) in [5, 5.41) is 7.66. The third kappa shape index (κ3) is 4.76. The molecule has 0 saturated heterocycles. The van der Waals surface area contributed by atoms with Crippen molar-refractivity contribution in [3.63, 3.8) is 0 Å². The molecule has 0 bridgehead atoms. The predicted octanol–water partition coefficient (Wildman–Crippen LogP) is 14.2. The maximum atomic E-state index is 6.88. The van der Waals surface area contributed by atoms with Gasteiger partial charge in [-0.15, -0.1) is 0 Å². The molecule has 0 spiro atoms. The smallest absolute Gasteiger partial charge is 0.235 e. The zero-order valence-electron chi connectivity index (χ0n) is 32.1. The zero-order valence-corrected chi connectivity index (χ0v) is 32.1. The fraction of sp³-hybridized carbons (Fsp3) is 0. The fourth-order valence-corrected chi connectivity index (χ4v) is 9.35. The molecule has 12 aromatic rings. The lowest BCUT2D eigenvalue weighted by Crippen LogP contribution is -2.06. The number of nitrogens with zero attached hydrogens (tertiary/aromatic N) is 4. The Bertz CT molecular complexity index is 3720. The maximum Gasteiger partial charge on any atom is 0.235 e. The van der Waals surface area contributed by atoms with Crippen molar-refractivity contribution < 1.29 is 9.47 Å². The van der Waals surface area contributed by atoms with Crippen LogP contribution >= 0.6 is 0 Å². The summed E-state index contributed by atoms with van der Waals surface area (Å²) in [6, 6.07) is 67.7. The van der Waals surface area contributed by atoms with E-state index in [0.29, 0.717) is 28.9 Å². The number of hydrogen-bond donors (Lipinski definition) is 0. The first-order valence-electron chi connectivity index (χ1n) is 20.2. The van der Waals surface area contributed by atoms with Crippen LogP contribution in [0.15, 0.2) is 194 Å². The zero-order chi connectivity index (χ0) is 39.3. The summed E-state index contributed by atoms with van der Waals surface area (Å²) >= 11 is 0. The van der Waals surface area contributed by atoms with Crippen LogP contribution in [0.2, 0.25) is 0 Å². The molecule has 0 aliphatic carbocycles. The topological polar surface area (TPSA) is 54.1 Å². The SMILES string of the molecule is c1ccc(-c2cccc(-n3c4ccccc4c4ccc5c(c6ccc7c(c6n5-c5nc(-c6ccccc6)c6c(ccc8ccccc86)n5)Oc5ccccc5O7)c43)c2)cc1. The van der Waals surface area contributed by atoms with Gasteiger partial charge in [0.1, 0.15) is 5.52 Å². The number of hydrogen-bond acceptors (Lipinski definition) is 4. The monoisotopic (exact) mass is 768 g/mol. The van der Waals surface area contributed by atoms with Gasteiger partial charge >= 0.3 is 0 Å². The minimum Gasteiger partial charge on any atom is -0.449 e. The Morgan fingerprint density at radius 3 is 1.93 bits per heavy atom. The molecule has 1 aliphatic heterocycles. The van der Waals surface area contributed by atoms with E-state index in [4.69, 9.17) is 19.4 Å². The Morgan fingerprint density at radius 1 is 0.383 bits per heavy atom. The quantitative estimate of drug-likeness (QED) is 0.167. The van der Waals surface area contributed by atoms with Crippen molar-refractivity contribution in [3.05, 3.63) is 194 Å². The van der Waals surface area contributed by atoms with Gasteiger partial charge in [-0.05, 0) is 76.5 Å². The average Bonchev–Trinajstić information content (AvgIpc) is 3.84. The molecule has 0 atom stereocenters. The summed E-state index contributed by atoms with van der Waals surface area (Å²) in [6.07, 6.45) is 0. The van der Waals surface area contributed by atoms with Gasteiger partial charge in [0.05, 0.1) is 27.8 Å². The molecule has 4 heterocycles. The highest BCUT2D eigenvalue weighted by molar-refractivity contribution is 6.27. The highest BCUT2D eigenvalue weighted by Gasteiger charge is 2.29. The molecule has 13 rings (SSSR count). The minimum atomic E-state index is 0.542. The molecule has 6 nitrogen and oxygen atoms in total. The van der Waals surface area contributed by atoms with Gasteiger partial charge in [-0.25, -0.2) is 9.97 Å². The van der Waals surface area contributed by atoms with Gasteiger partial charge in [-0.1, -0.05) is 140 Å². The molecule has 0 saturated carbocycles. The molecule has 0 unspecified atom stereocenters. The Labute approximate surface area is 343 Å². The lowest BCUT2D eigenvalue weighted by molar-refractivity contribution is 0.362. The Hall–Kier alpha value is -8.22. The van der Waals surface area contributed by atoms with E-state index in [2.05, 4.69) is 167 Å². The molecular formula is C54H32N4O2. The largest absolute Gasteiger partial charge is 0.449 e. The van der Waals surface area contributed by atoms with Crippen molar-refractivity contribution >= 4 is 65.3 Å². The number of fused-ring (bicyclic) bond motifs is 13. The van der Waals surface area contributed by atoms with Crippen LogP contribution in [-0.4, -0.2) is 19.1 Å². The van der Waals surface area contributed by atoms with E-state index >= 15 is 0 Å². The van der Waals surface area contributed by atoms with Crippen LogP contribution in [0.25, 0.3) is 99.3 Å². The number of aromatic nitrogens is 4. The Balaban J connectivity index is 1.19. The third-order valence-electron chi connectivity index (χ3n) is 12.0. The van der Waals surface area contributed by atoms with E-state index in [1.165, 1.54) is 10.9 Å². The molecule has 0 fully saturated rings. The fourth-order valence-electron chi connectivity index (χ4n) is 9.35. The molecular weight excluding hydrogens is 737 g/mol. The maximum absolute atomic E-state index is 6.88. The van der Waals surface area contributed by atoms with Gasteiger partial charge in [-0.2, -0.15) is 0 Å². The molecule has 280 valence electrons. The molecule has 0 radical (unpaired) electrons. The first kappa shape index (κ1) is 32.8. The van der Waals surface area contributed by atoms with Crippen LogP contribution in [0, 0.1) is 0 Å². The van der Waals surface area contributed by atoms with Gasteiger partial charge < -0.3 is 14.0 Å². The van der Waals surface area contributed by atoms with E-state index in [0.717, 1.165) is 82.4 Å². The highest BCUT2D eigenvalue weighted by Crippen LogP contribution is 2.52.